The third-order valence-corrected chi connectivity index (χ3v) is 4.57. The molecule has 0 aliphatic rings. The van der Waals surface area contributed by atoms with Gasteiger partial charge in [-0.25, -0.2) is 12.8 Å². The number of carbonyl (C=O) groups is 1. The van der Waals surface area contributed by atoms with Crippen molar-refractivity contribution < 1.29 is 22.3 Å². The first-order valence-corrected chi connectivity index (χ1v) is 9.13. The molecule has 26 heavy (non-hydrogen) atoms. The quantitative estimate of drug-likeness (QED) is 0.573. The fourth-order valence-electron chi connectivity index (χ4n) is 2.03. The van der Waals surface area contributed by atoms with Gasteiger partial charge in [0.1, 0.15) is 18.2 Å². The van der Waals surface area contributed by atoms with Crippen LogP contribution in [-0.2, 0) is 10.0 Å². The number of nitrogens with one attached hydrogen (secondary N) is 2. The molecule has 0 aliphatic carbocycles. The highest BCUT2D eigenvalue weighted by atomic mass is 32.2. The van der Waals surface area contributed by atoms with Crippen molar-refractivity contribution >= 4 is 15.9 Å². The van der Waals surface area contributed by atoms with Gasteiger partial charge in [-0.1, -0.05) is 24.8 Å². The number of halogens is 1. The minimum absolute atomic E-state index is 0.0319. The number of ether oxygens (including phenoxy) is 1. The van der Waals surface area contributed by atoms with Gasteiger partial charge in [0.2, 0.25) is 0 Å². The summed E-state index contributed by atoms with van der Waals surface area (Å²) in [6, 6.07) is 10.1. The number of hydrogen-bond acceptors (Lipinski definition) is 4. The summed E-state index contributed by atoms with van der Waals surface area (Å²) in [5.41, 5.74) is 2.62. The van der Waals surface area contributed by atoms with Gasteiger partial charge in [0, 0.05) is 0 Å². The van der Waals surface area contributed by atoms with E-state index in [4.69, 9.17) is 4.74 Å². The van der Waals surface area contributed by atoms with Crippen LogP contribution in [0.4, 0.5) is 4.39 Å². The highest BCUT2D eigenvalue weighted by molar-refractivity contribution is 7.89. The Morgan fingerprint density at radius 2 is 1.88 bits per heavy atom. The van der Waals surface area contributed by atoms with Crippen molar-refractivity contribution in [3.05, 3.63) is 71.6 Å². The first kappa shape index (κ1) is 19.6. The fourth-order valence-corrected chi connectivity index (χ4v) is 2.89. The van der Waals surface area contributed by atoms with Crippen LogP contribution < -0.4 is 15.0 Å². The van der Waals surface area contributed by atoms with Crippen LogP contribution in [-0.4, -0.2) is 20.9 Å². The van der Waals surface area contributed by atoms with E-state index < -0.39 is 21.7 Å². The van der Waals surface area contributed by atoms with Crippen molar-refractivity contribution in [3.8, 4) is 5.75 Å². The van der Waals surface area contributed by atoms with Crippen molar-refractivity contribution in [2.24, 2.45) is 0 Å². The second-order valence-electron chi connectivity index (χ2n) is 5.72. The van der Waals surface area contributed by atoms with E-state index >= 15 is 0 Å². The van der Waals surface area contributed by atoms with Gasteiger partial charge < -0.3 is 4.74 Å². The molecule has 6 nitrogen and oxygen atoms in total. The third-order valence-electron chi connectivity index (χ3n) is 3.31. The van der Waals surface area contributed by atoms with E-state index in [-0.39, 0.29) is 28.4 Å². The zero-order valence-electron chi connectivity index (χ0n) is 14.4. The Kier molecular flexibility index (Phi) is 6.12. The van der Waals surface area contributed by atoms with Crippen LogP contribution in [0.15, 0.2) is 59.5 Å². The Labute approximate surface area is 151 Å². The standard InChI is InChI=1S/C18H19FN2O4S/c1-12(2)11-25-14-9-13(3)17(19)16(10-14)18(22)20-21-26(23,24)15-7-5-4-6-8-15/h4-10,21H,1,11H2,2-3H3,(H,20,22). The molecule has 0 radical (unpaired) electrons. The smallest absolute Gasteiger partial charge is 0.269 e. The summed E-state index contributed by atoms with van der Waals surface area (Å²) in [4.78, 5) is 14.1. The zero-order chi connectivity index (χ0) is 19.3. The van der Waals surface area contributed by atoms with Crippen molar-refractivity contribution in [1.29, 1.82) is 0 Å². The van der Waals surface area contributed by atoms with E-state index in [0.29, 0.717) is 0 Å². The van der Waals surface area contributed by atoms with Gasteiger partial charge in [-0.3, -0.25) is 10.2 Å². The number of carbonyl (C=O) groups excluding carboxylic acids is 1. The van der Waals surface area contributed by atoms with E-state index in [9.17, 15) is 17.6 Å². The second kappa shape index (κ2) is 8.11. The van der Waals surface area contributed by atoms with E-state index in [1.807, 2.05) is 10.3 Å². The Balaban J connectivity index is 2.17. The molecule has 0 saturated carbocycles. The average molecular weight is 378 g/mol. The summed E-state index contributed by atoms with van der Waals surface area (Å²) in [7, 11) is -3.97. The highest BCUT2D eigenvalue weighted by Crippen LogP contribution is 2.21. The number of amides is 1. The molecule has 2 aromatic carbocycles. The summed E-state index contributed by atoms with van der Waals surface area (Å²) < 4.78 is 43.9. The van der Waals surface area contributed by atoms with Crippen molar-refractivity contribution in [1.82, 2.24) is 10.3 Å². The van der Waals surface area contributed by atoms with Crippen LogP contribution >= 0.6 is 0 Å². The molecule has 2 N–H and O–H groups in total. The van der Waals surface area contributed by atoms with E-state index in [1.165, 1.54) is 31.2 Å². The van der Waals surface area contributed by atoms with Gasteiger partial charge in [0.25, 0.3) is 15.9 Å². The summed E-state index contributed by atoms with van der Waals surface area (Å²) in [5.74, 6) is -1.42. The Bertz CT molecular complexity index is 928. The monoisotopic (exact) mass is 378 g/mol. The summed E-state index contributed by atoms with van der Waals surface area (Å²) in [6.45, 7) is 7.16. The van der Waals surface area contributed by atoms with Gasteiger partial charge >= 0.3 is 0 Å². The molecule has 0 atom stereocenters. The third kappa shape index (κ3) is 4.90. The molecule has 2 rings (SSSR count). The molecular weight excluding hydrogens is 359 g/mol. The molecule has 0 bridgehead atoms. The molecule has 0 fully saturated rings. The maximum Gasteiger partial charge on any atom is 0.269 e. The number of hydrogen-bond donors (Lipinski definition) is 2. The number of benzene rings is 2. The largest absolute Gasteiger partial charge is 0.489 e. The Morgan fingerprint density at radius 1 is 1.23 bits per heavy atom. The molecule has 0 saturated heterocycles. The lowest BCUT2D eigenvalue weighted by atomic mass is 10.1. The SMILES string of the molecule is C=C(C)COc1cc(C)c(F)c(C(=O)NNS(=O)(=O)c2ccccc2)c1. The number of sulfonamides is 1. The van der Waals surface area contributed by atoms with Crippen LogP contribution in [0.1, 0.15) is 22.8 Å². The van der Waals surface area contributed by atoms with Crippen LogP contribution in [0, 0.1) is 12.7 Å². The van der Waals surface area contributed by atoms with E-state index in [2.05, 4.69) is 6.58 Å². The number of rotatable bonds is 7. The van der Waals surface area contributed by atoms with E-state index in [0.717, 1.165) is 5.57 Å². The van der Waals surface area contributed by atoms with Gasteiger partial charge in [0.15, 0.2) is 0 Å². The summed E-state index contributed by atoms with van der Waals surface area (Å²) >= 11 is 0. The predicted octanol–water partition coefficient (Wildman–Crippen LogP) is 2.71. The van der Waals surface area contributed by atoms with Gasteiger partial charge in [0.05, 0.1) is 10.5 Å². The Hall–Kier alpha value is -2.71. The molecule has 0 spiro atoms. The number of aryl methyl sites for hydroxylation is 1. The van der Waals surface area contributed by atoms with Crippen LogP contribution in [0.25, 0.3) is 0 Å². The lowest BCUT2D eigenvalue weighted by molar-refractivity contribution is 0.0940. The molecule has 0 heterocycles. The normalized spacial score (nSPS) is 11.0. The topological polar surface area (TPSA) is 84.5 Å². The van der Waals surface area contributed by atoms with E-state index in [1.54, 1.807) is 25.1 Å². The van der Waals surface area contributed by atoms with Gasteiger partial charge in [-0.05, 0) is 49.2 Å². The molecule has 2 aromatic rings. The molecule has 8 heteroatoms. The van der Waals surface area contributed by atoms with Gasteiger partial charge in [-0.2, -0.15) is 0 Å². The maximum atomic E-state index is 14.3. The molecular formula is C18H19FN2O4S. The predicted molar refractivity (Wildman–Crippen MR) is 95.7 cm³/mol. The second-order valence-corrected chi connectivity index (χ2v) is 7.40. The van der Waals surface area contributed by atoms with Crippen LogP contribution in [0.2, 0.25) is 0 Å². The molecule has 0 aliphatic heterocycles. The van der Waals surface area contributed by atoms with Crippen molar-refractivity contribution in [2.75, 3.05) is 6.61 Å². The highest BCUT2D eigenvalue weighted by Gasteiger charge is 2.19. The molecule has 0 unspecified atom stereocenters. The van der Waals surface area contributed by atoms with Crippen molar-refractivity contribution in [3.63, 3.8) is 0 Å². The van der Waals surface area contributed by atoms with Crippen molar-refractivity contribution in [2.45, 2.75) is 18.7 Å². The lowest BCUT2D eigenvalue weighted by Crippen LogP contribution is -2.41. The Morgan fingerprint density at radius 3 is 2.50 bits per heavy atom. The first-order valence-electron chi connectivity index (χ1n) is 7.65. The minimum atomic E-state index is -3.97. The van der Waals surface area contributed by atoms with Crippen LogP contribution in [0.3, 0.4) is 0 Å². The molecule has 1 amide bonds. The molecule has 138 valence electrons. The number of hydrazine groups is 1. The lowest BCUT2D eigenvalue weighted by Gasteiger charge is -2.12. The zero-order valence-corrected chi connectivity index (χ0v) is 15.2. The summed E-state index contributed by atoms with van der Waals surface area (Å²) in [5, 5.41) is 0. The van der Waals surface area contributed by atoms with Gasteiger partial charge in [-0.15, -0.1) is 4.83 Å². The first-order chi connectivity index (χ1) is 12.2. The average Bonchev–Trinajstić information content (AvgIpc) is 2.61. The fraction of sp³-hybridized carbons (Fsp3) is 0.167. The minimum Gasteiger partial charge on any atom is -0.489 e. The molecule has 0 aromatic heterocycles. The maximum absolute atomic E-state index is 14.3. The van der Waals surface area contributed by atoms with Crippen LogP contribution in [0.5, 0.6) is 5.75 Å². The summed E-state index contributed by atoms with van der Waals surface area (Å²) in [6.07, 6.45) is 0.